The Balaban J connectivity index is 1.54. The van der Waals surface area contributed by atoms with Gasteiger partial charge in [0.15, 0.2) is 11.5 Å². The minimum atomic E-state index is 0.289. The number of methoxy groups -OCH3 is 1. The molecule has 2 aromatic carbocycles. The molecule has 1 aliphatic carbocycles. The van der Waals surface area contributed by atoms with Gasteiger partial charge in [0, 0.05) is 28.8 Å². The first-order chi connectivity index (χ1) is 19.3. The maximum Gasteiger partial charge on any atom is 0.228 e. The van der Waals surface area contributed by atoms with Crippen LogP contribution in [0.1, 0.15) is 30.7 Å². The van der Waals surface area contributed by atoms with Gasteiger partial charge >= 0.3 is 0 Å². The number of pyridine rings is 1. The summed E-state index contributed by atoms with van der Waals surface area (Å²) in [6.45, 7) is 0. The fraction of sp³-hybridized carbons (Fsp3) is 0.161. The van der Waals surface area contributed by atoms with Gasteiger partial charge in [-0.25, -0.2) is 4.98 Å². The third kappa shape index (κ3) is 4.10. The number of ether oxygens (including phenoxy) is 1. The molecule has 0 bridgehead atoms. The van der Waals surface area contributed by atoms with Crippen LogP contribution in [0.25, 0.3) is 38.9 Å². The van der Waals surface area contributed by atoms with Crippen molar-refractivity contribution in [2.75, 3.05) is 12.4 Å². The third-order valence-electron chi connectivity index (χ3n) is 7.25. The zero-order valence-electron chi connectivity index (χ0n) is 21.4. The van der Waals surface area contributed by atoms with Crippen molar-refractivity contribution in [2.24, 2.45) is 0 Å². The number of aromatic nitrogens is 5. The highest BCUT2D eigenvalue weighted by molar-refractivity contribution is 5.91. The highest BCUT2D eigenvalue weighted by atomic mass is 16.5. The van der Waals surface area contributed by atoms with E-state index in [4.69, 9.17) is 19.3 Å². The fourth-order valence-corrected chi connectivity index (χ4v) is 5.45. The second-order valence-corrected chi connectivity index (χ2v) is 9.61. The molecule has 6 aromatic rings. The molecule has 7 rings (SSSR count). The first-order valence-electron chi connectivity index (χ1n) is 13.0. The summed E-state index contributed by atoms with van der Waals surface area (Å²) in [5, 5.41) is 13.6. The summed E-state index contributed by atoms with van der Waals surface area (Å²) in [4.78, 5) is 9.71. The zero-order chi connectivity index (χ0) is 26.2. The van der Waals surface area contributed by atoms with Gasteiger partial charge in [-0.15, -0.1) is 0 Å². The van der Waals surface area contributed by atoms with Crippen LogP contribution in [-0.2, 0) is 0 Å². The molecular formula is C31H26N6O2. The summed E-state index contributed by atoms with van der Waals surface area (Å²) in [6, 6.07) is 22.2. The van der Waals surface area contributed by atoms with Gasteiger partial charge in [-0.3, -0.25) is 4.98 Å². The second kappa shape index (κ2) is 9.72. The van der Waals surface area contributed by atoms with Crippen LogP contribution in [0.4, 0.5) is 11.6 Å². The van der Waals surface area contributed by atoms with E-state index in [0.717, 1.165) is 63.8 Å². The van der Waals surface area contributed by atoms with Gasteiger partial charge in [0.1, 0.15) is 12.1 Å². The first kappa shape index (κ1) is 23.2. The number of hydrogen-bond donors (Lipinski definition) is 1. The lowest BCUT2D eigenvalue weighted by Gasteiger charge is -2.19. The molecule has 1 N–H and O–H groups in total. The summed E-state index contributed by atoms with van der Waals surface area (Å²) in [7, 11) is 1.67. The number of rotatable bonds is 6. The van der Waals surface area contributed by atoms with Gasteiger partial charge < -0.3 is 14.6 Å². The maximum atomic E-state index is 6.12. The number of anilines is 2. The van der Waals surface area contributed by atoms with E-state index in [1.165, 1.54) is 6.26 Å². The molecule has 0 saturated heterocycles. The van der Waals surface area contributed by atoms with E-state index in [0.29, 0.717) is 17.5 Å². The van der Waals surface area contributed by atoms with Crippen molar-refractivity contribution >= 4 is 28.2 Å². The minimum absolute atomic E-state index is 0.289. The van der Waals surface area contributed by atoms with Gasteiger partial charge in [0.05, 0.1) is 23.9 Å². The smallest absolute Gasteiger partial charge is 0.228 e. The lowest BCUT2D eigenvalue weighted by atomic mass is 9.86. The molecule has 1 aliphatic rings. The van der Waals surface area contributed by atoms with Gasteiger partial charge in [0.25, 0.3) is 0 Å². The molecule has 0 radical (unpaired) electrons. The minimum Gasteiger partial charge on any atom is -0.480 e. The molecule has 0 aliphatic heterocycles. The number of nitrogens with one attached hydrogen (secondary N) is 1. The van der Waals surface area contributed by atoms with E-state index in [2.05, 4.69) is 45.8 Å². The van der Waals surface area contributed by atoms with Gasteiger partial charge in [-0.1, -0.05) is 59.8 Å². The summed E-state index contributed by atoms with van der Waals surface area (Å²) < 4.78 is 13.1. The molecule has 8 heteroatoms. The molecule has 4 heterocycles. The lowest BCUT2D eigenvalue weighted by Crippen LogP contribution is -2.07. The summed E-state index contributed by atoms with van der Waals surface area (Å²) in [5.41, 5.74) is 6.48. The topological polar surface area (TPSA) is 90.4 Å². The molecule has 0 amide bonds. The van der Waals surface area contributed by atoms with Crippen LogP contribution in [0, 0.1) is 0 Å². The Morgan fingerprint density at radius 3 is 2.72 bits per heavy atom. The third-order valence-corrected chi connectivity index (χ3v) is 7.25. The summed E-state index contributed by atoms with van der Waals surface area (Å²) >= 11 is 0. The van der Waals surface area contributed by atoms with Crippen molar-refractivity contribution in [3.8, 4) is 28.3 Å². The second-order valence-electron chi connectivity index (χ2n) is 9.61. The SMILES string of the molecule is COc1c(-c2ccc3ncccc3c2)c(Nc2ccon2)nc2c(C3CC=CCC3)c(-c3ccccc3)nn12. The standard InChI is InChI=1S/C31H26N6O2/c1-38-31-27(23-14-15-24-22(19-23)13-8-17-32-24)29(33-25-16-18-39-36-25)34-30-26(20-9-4-2-5-10-20)28(35-37(30)31)21-11-6-3-7-12-21/h2-4,6-8,11-20H,5,9-10H2,1H3,(H,33,34,36). The molecule has 0 fully saturated rings. The lowest BCUT2D eigenvalue weighted by molar-refractivity contribution is 0.387. The summed E-state index contributed by atoms with van der Waals surface area (Å²) in [5.74, 6) is 2.05. The number of nitrogens with zero attached hydrogens (tertiary/aromatic N) is 5. The quantitative estimate of drug-likeness (QED) is 0.236. The molecule has 4 aromatic heterocycles. The Morgan fingerprint density at radius 1 is 1.00 bits per heavy atom. The van der Waals surface area contributed by atoms with E-state index in [-0.39, 0.29) is 5.92 Å². The van der Waals surface area contributed by atoms with E-state index in [1.54, 1.807) is 19.4 Å². The van der Waals surface area contributed by atoms with Crippen molar-refractivity contribution < 1.29 is 9.26 Å². The molecule has 0 saturated carbocycles. The Bertz CT molecular complexity index is 1810. The normalized spacial score (nSPS) is 15.2. The highest BCUT2D eigenvalue weighted by Gasteiger charge is 2.29. The van der Waals surface area contributed by atoms with Crippen molar-refractivity contribution in [1.82, 2.24) is 24.7 Å². The van der Waals surface area contributed by atoms with Gasteiger partial charge in [0.2, 0.25) is 5.88 Å². The number of benzene rings is 2. The average Bonchev–Trinajstić information content (AvgIpc) is 3.65. The molecule has 1 unspecified atom stereocenters. The van der Waals surface area contributed by atoms with Gasteiger partial charge in [-0.05, 0) is 48.9 Å². The molecular weight excluding hydrogens is 488 g/mol. The van der Waals surface area contributed by atoms with E-state index in [1.807, 2.05) is 47.0 Å². The Labute approximate surface area is 225 Å². The first-order valence-corrected chi connectivity index (χ1v) is 13.0. The number of hydrogen-bond acceptors (Lipinski definition) is 7. The van der Waals surface area contributed by atoms with Crippen LogP contribution in [-0.4, -0.2) is 31.8 Å². The average molecular weight is 515 g/mol. The Hall–Kier alpha value is -4.98. The van der Waals surface area contributed by atoms with Crippen molar-refractivity contribution in [3.63, 3.8) is 0 Å². The van der Waals surface area contributed by atoms with Crippen LogP contribution in [0.15, 0.2) is 95.9 Å². The van der Waals surface area contributed by atoms with Crippen LogP contribution >= 0.6 is 0 Å². The highest BCUT2D eigenvalue weighted by Crippen LogP contribution is 2.44. The monoisotopic (exact) mass is 514 g/mol. The molecule has 1 atom stereocenters. The Morgan fingerprint density at radius 2 is 1.92 bits per heavy atom. The van der Waals surface area contributed by atoms with Crippen LogP contribution in [0.3, 0.4) is 0 Å². The molecule has 0 spiro atoms. The van der Waals surface area contributed by atoms with Crippen molar-refractivity contribution in [2.45, 2.75) is 25.2 Å². The fourth-order valence-electron chi connectivity index (χ4n) is 5.45. The van der Waals surface area contributed by atoms with Gasteiger partial charge in [-0.2, -0.15) is 9.61 Å². The van der Waals surface area contributed by atoms with E-state index >= 15 is 0 Å². The van der Waals surface area contributed by atoms with Crippen molar-refractivity contribution in [3.05, 3.63) is 96.9 Å². The number of allylic oxidation sites excluding steroid dienone is 2. The predicted molar refractivity (Wildman–Crippen MR) is 151 cm³/mol. The maximum absolute atomic E-state index is 6.12. The van der Waals surface area contributed by atoms with Crippen molar-refractivity contribution in [1.29, 1.82) is 0 Å². The molecule has 192 valence electrons. The number of fused-ring (bicyclic) bond motifs is 2. The molecule has 39 heavy (non-hydrogen) atoms. The summed E-state index contributed by atoms with van der Waals surface area (Å²) in [6.07, 6.45) is 10.8. The van der Waals surface area contributed by atoms with E-state index < -0.39 is 0 Å². The molecule has 8 nitrogen and oxygen atoms in total. The van der Waals surface area contributed by atoms with Crippen LogP contribution in [0.5, 0.6) is 5.88 Å². The predicted octanol–water partition coefficient (Wildman–Crippen LogP) is 7.18. The van der Waals surface area contributed by atoms with E-state index in [9.17, 15) is 0 Å². The Kier molecular flexibility index (Phi) is 5.77. The zero-order valence-corrected chi connectivity index (χ0v) is 21.4. The largest absolute Gasteiger partial charge is 0.480 e. The van der Waals surface area contributed by atoms with Crippen LogP contribution in [0.2, 0.25) is 0 Å². The van der Waals surface area contributed by atoms with Crippen LogP contribution < -0.4 is 10.1 Å².